The molecule has 132 valence electrons. The normalized spacial score (nSPS) is 41.6. The van der Waals surface area contributed by atoms with Crippen molar-refractivity contribution in [3.8, 4) is 18.2 Å². The molecule has 2 bridgehead atoms. The van der Waals surface area contributed by atoms with Gasteiger partial charge in [-0.15, -0.1) is 0 Å². The van der Waals surface area contributed by atoms with E-state index in [0.717, 1.165) is 6.42 Å². The van der Waals surface area contributed by atoms with Crippen LogP contribution in [0.4, 0.5) is 0 Å². The summed E-state index contributed by atoms with van der Waals surface area (Å²) >= 11 is 0. The summed E-state index contributed by atoms with van der Waals surface area (Å²) < 4.78 is 12.1. The maximum Gasteiger partial charge on any atom is 0.217 e. The van der Waals surface area contributed by atoms with Crippen molar-refractivity contribution in [2.24, 2.45) is 28.1 Å². The quantitative estimate of drug-likeness (QED) is 0.784. The second-order valence-corrected chi connectivity index (χ2v) is 8.60. The number of ether oxygens (including phenoxy) is 2. The molecule has 1 N–H and O–H groups in total. The van der Waals surface area contributed by atoms with Gasteiger partial charge in [0.1, 0.15) is 0 Å². The van der Waals surface area contributed by atoms with E-state index in [1.165, 1.54) is 0 Å². The van der Waals surface area contributed by atoms with Gasteiger partial charge in [0.15, 0.2) is 10.8 Å². The van der Waals surface area contributed by atoms with Crippen LogP contribution in [0.15, 0.2) is 0 Å². The van der Waals surface area contributed by atoms with Gasteiger partial charge in [0, 0.05) is 6.42 Å². The number of nitrogens with zero attached hydrogens (tertiary/aromatic N) is 3. The van der Waals surface area contributed by atoms with Crippen molar-refractivity contribution in [3.05, 3.63) is 0 Å². The van der Waals surface area contributed by atoms with Crippen LogP contribution in [-0.4, -0.2) is 17.8 Å². The summed E-state index contributed by atoms with van der Waals surface area (Å²) in [5.41, 5.74) is -3.26. The zero-order valence-corrected chi connectivity index (χ0v) is 15.2. The summed E-state index contributed by atoms with van der Waals surface area (Å²) in [7, 11) is 0. The molecule has 0 aromatic heterocycles. The smallest absolute Gasteiger partial charge is 0.217 e. The van der Waals surface area contributed by atoms with Crippen LogP contribution in [-0.2, 0) is 9.47 Å². The van der Waals surface area contributed by atoms with Crippen LogP contribution < -0.4 is 0 Å². The van der Waals surface area contributed by atoms with Crippen LogP contribution in [0.2, 0.25) is 0 Å². The summed E-state index contributed by atoms with van der Waals surface area (Å²) in [6.45, 7) is 8.30. The monoisotopic (exact) mass is 340 g/mol. The number of rotatable bonds is 1. The highest BCUT2D eigenvalue weighted by Crippen LogP contribution is 2.68. The lowest BCUT2D eigenvalue weighted by atomic mass is 9.50. The van der Waals surface area contributed by atoms with E-state index < -0.39 is 28.6 Å². The van der Waals surface area contributed by atoms with Crippen molar-refractivity contribution in [2.45, 2.75) is 65.3 Å². The van der Waals surface area contributed by atoms with Gasteiger partial charge in [-0.1, -0.05) is 27.7 Å². The SMILES string of the molecule is CCC1OC23CCC(C(C)(C)C)CC2C(C#N)(C(=N)O3)C1(C#N)C#N. The molecule has 25 heavy (non-hydrogen) atoms. The summed E-state index contributed by atoms with van der Waals surface area (Å²) in [6.07, 6.45) is 1.73. The van der Waals surface area contributed by atoms with E-state index in [1.54, 1.807) is 0 Å². The Kier molecular flexibility index (Phi) is 3.68. The minimum atomic E-state index is -1.72. The third-order valence-electron chi connectivity index (χ3n) is 6.62. The lowest BCUT2D eigenvalue weighted by Crippen LogP contribution is -2.64. The zero-order valence-electron chi connectivity index (χ0n) is 15.2. The first-order valence-corrected chi connectivity index (χ1v) is 8.87. The fourth-order valence-corrected chi connectivity index (χ4v) is 5.11. The Morgan fingerprint density at radius 1 is 1.20 bits per heavy atom. The van der Waals surface area contributed by atoms with Gasteiger partial charge in [0.25, 0.3) is 0 Å². The fraction of sp³-hybridized carbons (Fsp3) is 0.789. The molecule has 2 saturated heterocycles. The Labute approximate surface area is 148 Å². The third kappa shape index (κ3) is 1.88. The minimum absolute atomic E-state index is 0.0312. The molecule has 3 rings (SSSR count). The summed E-state index contributed by atoms with van der Waals surface area (Å²) in [4.78, 5) is 0. The van der Waals surface area contributed by atoms with Gasteiger partial charge in [-0.2, -0.15) is 15.8 Å². The summed E-state index contributed by atoms with van der Waals surface area (Å²) in [6, 6.07) is 6.35. The van der Waals surface area contributed by atoms with E-state index in [1.807, 2.05) is 6.92 Å². The maximum absolute atomic E-state index is 10.1. The lowest BCUT2D eigenvalue weighted by Gasteiger charge is -2.54. The standard InChI is InChI=1S/C19H24N4O2/c1-5-14-17(9-20,10-21)18(11-22)13-8-12(16(2,3)4)6-7-19(13,24-14)25-15(18)23/h12-14,23H,5-8H2,1-4H3. The van der Waals surface area contributed by atoms with E-state index in [-0.39, 0.29) is 11.3 Å². The first kappa shape index (κ1) is 17.7. The predicted molar refractivity (Wildman–Crippen MR) is 88.7 cm³/mol. The molecule has 2 aliphatic heterocycles. The number of nitriles is 3. The van der Waals surface area contributed by atoms with Crippen LogP contribution in [0, 0.1) is 67.5 Å². The lowest BCUT2D eigenvalue weighted by molar-refractivity contribution is -0.298. The van der Waals surface area contributed by atoms with Gasteiger partial charge in [-0.3, -0.25) is 5.41 Å². The molecule has 0 aromatic carbocycles. The molecule has 0 amide bonds. The van der Waals surface area contributed by atoms with E-state index >= 15 is 0 Å². The fourth-order valence-electron chi connectivity index (χ4n) is 5.11. The predicted octanol–water partition coefficient (Wildman–Crippen LogP) is 3.50. The first-order chi connectivity index (χ1) is 11.7. The molecule has 2 heterocycles. The Hall–Kier alpha value is -2.10. The molecule has 3 fully saturated rings. The largest absolute Gasteiger partial charge is 0.447 e. The zero-order chi connectivity index (χ0) is 18.7. The highest BCUT2D eigenvalue weighted by atomic mass is 16.7. The highest BCUT2D eigenvalue weighted by molar-refractivity contribution is 5.89. The van der Waals surface area contributed by atoms with Gasteiger partial charge in [0.05, 0.1) is 30.2 Å². The minimum Gasteiger partial charge on any atom is -0.447 e. The highest BCUT2D eigenvalue weighted by Gasteiger charge is 2.80. The Bertz CT molecular complexity index is 720. The van der Waals surface area contributed by atoms with Gasteiger partial charge in [-0.25, -0.2) is 0 Å². The van der Waals surface area contributed by atoms with Crippen molar-refractivity contribution >= 4 is 5.90 Å². The van der Waals surface area contributed by atoms with Crippen LogP contribution >= 0.6 is 0 Å². The molecule has 0 spiro atoms. The summed E-state index contributed by atoms with van der Waals surface area (Å²) in [5, 5.41) is 38.5. The van der Waals surface area contributed by atoms with Gasteiger partial charge in [0.2, 0.25) is 11.7 Å². The molecule has 5 atom stereocenters. The second kappa shape index (κ2) is 5.20. The number of nitrogens with one attached hydrogen (secondary N) is 1. The molecule has 6 heteroatoms. The van der Waals surface area contributed by atoms with Crippen molar-refractivity contribution in [1.82, 2.24) is 0 Å². The van der Waals surface area contributed by atoms with Crippen molar-refractivity contribution in [1.29, 1.82) is 21.2 Å². The molecule has 3 aliphatic rings. The molecule has 1 saturated carbocycles. The third-order valence-corrected chi connectivity index (χ3v) is 6.62. The van der Waals surface area contributed by atoms with Gasteiger partial charge < -0.3 is 9.47 Å². The number of hydrogen-bond donors (Lipinski definition) is 1. The van der Waals surface area contributed by atoms with Crippen molar-refractivity contribution in [2.75, 3.05) is 0 Å². The average Bonchev–Trinajstić information content (AvgIpc) is 2.78. The molecule has 5 unspecified atom stereocenters. The van der Waals surface area contributed by atoms with Crippen LogP contribution in [0.25, 0.3) is 0 Å². The van der Waals surface area contributed by atoms with E-state index in [9.17, 15) is 15.8 Å². The topological polar surface area (TPSA) is 114 Å². The van der Waals surface area contributed by atoms with Gasteiger partial charge >= 0.3 is 0 Å². The van der Waals surface area contributed by atoms with Gasteiger partial charge in [-0.05, 0) is 30.6 Å². The Balaban J connectivity index is 2.21. The van der Waals surface area contributed by atoms with Crippen LogP contribution in [0.1, 0.15) is 53.4 Å². The van der Waals surface area contributed by atoms with Crippen LogP contribution in [0.3, 0.4) is 0 Å². The van der Waals surface area contributed by atoms with E-state index in [0.29, 0.717) is 25.2 Å². The molecule has 0 radical (unpaired) electrons. The molecule has 0 aromatic rings. The van der Waals surface area contributed by atoms with Crippen molar-refractivity contribution < 1.29 is 9.47 Å². The Morgan fingerprint density at radius 2 is 1.84 bits per heavy atom. The Morgan fingerprint density at radius 3 is 2.32 bits per heavy atom. The van der Waals surface area contributed by atoms with Crippen molar-refractivity contribution in [3.63, 3.8) is 0 Å². The maximum atomic E-state index is 10.1. The molecule has 6 nitrogen and oxygen atoms in total. The molecule has 1 aliphatic carbocycles. The number of hydrogen-bond acceptors (Lipinski definition) is 6. The molecular weight excluding hydrogens is 316 g/mol. The van der Waals surface area contributed by atoms with E-state index in [2.05, 4.69) is 39.0 Å². The second-order valence-electron chi connectivity index (χ2n) is 8.60. The van der Waals surface area contributed by atoms with Crippen LogP contribution in [0.5, 0.6) is 0 Å². The molecular formula is C19H24N4O2. The van der Waals surface area contributed by atoms with E-state index in [4.69, 9.17) is 14.9 Å². The summed E-state index contributed by atoms with van der Waals surface area (Å²) in [5.74, 6) is -1.48. The first-order valence-electron chi connectivity index (χ1n) is 8.87. The average molecular weight is 340 g/mol.